The summed E-state index contributed by atoms with van der Waals surface area (Å²) in [6.45, 7) is 8.18. The second-order valence-electron chi connectivity index (χ2n) is 8.15. The Morgan fingerprint density at radius 2 is 1.90 bits per heavy atom. The minimum absolute atomic E-state index is 0.0151. The summed E-state index contributed by atoms with van der Waals surface area (Å²) in [4.78, 5) is 29.7. The summed E-state index contributed by atoms with van der Waals surface area (Å²) >= 11 is 0. The van der Waals surface area contributed by atoms with E-state index in [0.717, 1.165) is 11.1 Å². The van der Waals surface area contributed by atoms with Crippen molar-refractivity contribution < 1.29 is 9.53 Å². The fraction of sp³-hybridized carbons (Fsp3) is 0.250. The highest BCUT2D eigenvalue weighted by molar-refractivity contribution is 6.01. The molecule has 3 aromatic rings. The van der Waals surface area contributed by atoms with Crippen LogP contribution in [0.25, 0.3) is 11.7 Å². The summed E-state index contributed by atoms with van der Waals surface area (Å²) < 4.78 is 7.34. The molecule has 0 atom stereocenters. The van der Waals surface area contributed by atoms with E-state index in [9.17, 15) is 14.9 Å². The molecule has 2 aromatic heterocycles. The number of carbonyl (C=O) groups is 1. The molecule has 0 unspecified atom stereocenters. The molecular weight excluding hydrogens is 392 g/mol. The maximum absolute atomic E-state index is 13.2. The van der Waals surface area contributed by atoms with E-state index in [-0.39, 0.29) is 22.4 Å². The van der Waals surface area contributed by atoms with Gasteiger partial charge >= 0.3 is 0 Å². The lowest BCUT2D eigenvalue weighted by Crippen LogP contribution is -2.22. The molecule has 0 aliphatic rings. The van der Waals surface area contributed by atoms with Crippen molar-refractivity contribution in [2.24, 2.45) is 0 Å². The highest BCUT2D eigenvalue weighted by Crippen LogP contribution is 2.28. The van der Waals surface area contributed by atoms with E-state index in [1.165, 1.54) is 17.5 Å². The molecule has 1 amide bonds. The van der Waals surface area contributed by atoms with Crippen LogP contribution in [0.1, 0.15) is 37.5 Å². The van der Waals surface area contributed by atoms with Gasteiger partial charge in [-0.3, -0.25) is 14.0 Å². The predicted octanol–water partition coefficient (Wildman–Crippen LogP) is 3.75. The number of aromatic nitrogens is 2. The number of nitrogens with zero attached hydrogens (tertiary/aromatic N) is 3. The summed E-state index contributed by atoms with van der Waals surface area (Å²) in [6, 6.07) is 12.9. The van der Waals surface area contributed by atoms with E-state index < -0.39 is 11.5 Å². The van der Waals surface area contributed by atoms with Gasteiger partial charge in [-0.2, -0.15) is 10.2 Å². The first kappa shape index (κ1) is 21.8. The van der Waals surface area contributed by atoms with Gasteiger partial charge < -0.3 is 10.1 Å². The van der Waals surface area contributed by atoms with Crippen molar-refractivity contribution in [3.05, 3.63) is 75.2 Å². The first-order chi connectivity index (χ1) is 14.7. The van der Waals surface area contributed by atoms with E-state index in [1.54, 1.807) is 24.4 Å². The Bertz CT molecular complexity index is 1270. The second-order valence-corrected chi connectivity index (χ2v) is 8.15. The average Bonchev–Trinajstić information content (AvgIpc) is 2.73. The Kier molecular flexibility index (Phi) is 5.93. The summed E-state index contributed by atoms with van der Waals surface area (Å²) in [6.07, 6.45) is 2.80. The molecule has 0 radical (unpaired) electrons. The third kappa shape index (κ3) is 4.48. The van der Waals surface area contributed by atoms with E-state index >= 15 is 0 Å². The number of ether oxygens (including phenoxy) is 1. The molecule has 0 saturated heterocycles. The van der Waals surface area contributed by atoms with Gasteiger partial charge in [0.15, 0.2) is 0 Å². The van der Waals surface area contributed by atoms with E-state index in [1.807, 2.05) is 31.2 Å². The Labute approximate surface area is 180 Å². The van der Waals surface area contributed by atoms with Gasteiger partial charge in [-0.05, 0) is 47.7 Å². The highest BCUT2D eigenvalue weighted by Gasteiger charge is 2.18. The van der Waals surface area contributed by atoms with Crippen molar-refractivity contribution in [3.8, 4) is 17.7 Å². The van der Waals surface area contributed by atoms with Crippen molar-refractivity contribution in [1.29, 1.82) is 5.26 Å². The van der Waals surface area contributed by atoms with Crippen molar-refractivity contribution in [1.82, 2.24) is 14.7 Å². The molecule has 1 aromatic carbocycles. The van der Waals surface area contributed by atoms with Gasteiger partial charge in [-0.1, -0.05) is 39.0 Å². The minimum Gasteiger partial charge on any atom is -0.438 e. The number of rotatable bonds is 4. The molecule has 0 aliphatic carbocycles. The van der Waals surface area contributed by atoms with Crippen LogP contribution in [0, 0.1) is 18.3 Å². The molecule has 7 heteroatoms. The van der Waals surface area contributed by atoms with Crippen molar-refractivity contribution in [2.75, 3.05) is 7.05 Å². The zero-order valence-electron chi connectivity index (χ0n) is 18.2. The van der Waals surface area contributed by atoms with Crippen LogP contribution in [0.3, 0.4) is 0 Å². The van der Waals surface area contributed by atoms with Gasteiger partial charge in [0.1, 0.15) is 28.6 Å². The summed E-state index contributed by atoms with van der Waals surface area (Å²) in [7, 11) is 1.41. The molecule has 0 bridgehead atoms. The molecule has 0 spiro atoms. The highest BCUT2D eigenvalue weighted by atomic mass is 16.5. The first-order valence-electron chi connectivity index (χ1n) is 9.80. The predicted molar refractivity (Wildman–Crippen MR) is 119 cm³/mol. The Hall–Kier alpha value is -3.92. The van der Waals surface area contributed by atoms with Crippen LogP contribution in [0.15, 0.2) is 53.0 Å². The number of hydrogen-bond acceptors (Lipinski definition) is 5. The first-order valence-corrected chi connectivity index (χ1v) is 9.80. The molecule has 2 heterocycles. The number of amides is 1. The minimum atomic E-state index is -0.600. The van der Waals surface area contributed by atoms with Crippen LogP contribution in [-0.2, 0) is 10.2 Å². The Morgan fingerprint density at radius 1 is 1.23 bits per heavy atom. The third-order valence-corrected chi connectivity index (χ3v) is 4.86. The molecule has 0 aliphatic heterocycles. The second kappa shape index (κ2) is 8.44. The molecule has 0 fully saturated rings. The van der Waals surface area contributed by atoms with Crippen LogP contribution >= 0.6 is 0 Å². The number of aryl methyl sites for hydroxylation is 1. The third-order valence-electron chi connectivity index (χ3n) is 4.86. The fourth-order valence-corrected chi connectivity index (χ4v) is 3.06. The average molecular weight is 416 g/mol. The van der Waals surface area contributed by atoms with E-state index in [2.05, 4.69) is 31.1 Å². The van der Waals surface area contributed by atoms with Crippen LogP contribution in [-0.4, -0.2) is 22.3 Å². The molecule has 3 rings (SSSR count). The smallest absolute Gasteiger partial charge is 0.269 e. The largest absolute Gasteiger partial charge is 0.438 e. The number of hydrogen-bond donors (Lipinski definition) is 1. The van der Waals surface area contributed by atoms with Gasteiger partial charge in [-0.15, -0.1) is 0 Å². The summed E-state index contributed by atoms with van der Waals surface area (Å²) in [5.74, 6) is -0.0814. The standard InChI is InChI=1S/C24H24N4O3/c1-15-7-6-12-28-20(15)27-22(19(23(28)30)13-16(14-25)21(29)26-5)31-18-10-8-17(9-11-18)24(2,3)4/h6-13H,1-5H3,(H,26,29). The number of carbonyl (C=O) groups excluding carboxylic acids is 1. The van der Waals surface area contributed by atoms with Crippen LogP contribution < -0.4 is 15.6 Å². The lowest BCUT2D eigenvalue weighted by atomic mass is 9.87. The molecule has 158 valence electrons. The molecule has 0 saturated carbocycles. The van der Waals surface area contributed by atoms with Gasteiger partial charge in [0, 0.05) is 13.2 Å². The van der Waals surface area contributed by atoms with Gasteiger partial charge in [-0.25, -0.2) is 0 Å². The zero-order chi connectivity index (χ0) is 22.8. The maximum atomic E-state index is 13.2. The van der Waals surface area contributed by atoms with E-state index in [4.69, 9.17) is 4.74 Å². The summed E-state index contributed by atoms with van der Waals surface area (Å²) in [5, 5.41) is 11.8. The van der Waals surface area contributed by atoms with E-state index in [0.29, 0.717) is 11.4 Å². The topological polar surface area (TPSA) is 96.5 Å². The summed E-state index contributed by atoms with van der Waals surface area (Å²) in [5.41, 5.74) is 1.70. The number of pyridine rings is 1. The Morgan fingerprint density at radius 3 is 2.48 bits per heavy atom. The molecule has 1 N–H and O–H groups in total. The number of nitriles is 1. The zero-order valence-corrected chi connectivity index (χ0v) is 18.2. The van der Waals surface area contributed by atoms with Crippen LogP contribution in [0.5, 0.6) is 11.6 Å². The van der Waals surface area contributed by atoms with Gasteiger partial charge in [0.05, 0.1) is 0 Å². The molecule has 31 heavy (non-hydrogen) atoms. The normalized spacial score (nSPS) is 11.8. The SMILES string of the molecule is CNC(=O)C(C#N)=Cc1c(Oc2ccc(C(C)(C)C)cc2)nc2c(C)cccn2c1=O. The Balaban J connectivity index is 2.20. The van der Waals surface area contributed by atoms with Crippen LogP contribution in [0.2, 0.25) is 0 Å². The van der Waals surface area contributed by atoms with Crippen molar-refractivity contribution >= 4 is 17.6 Å². The quantitative estimate of drug-likeness (QED) is 0.516. The van der Waals surface area contributed by atoms with Crippen LogP contribution in [0.4, 0.5) is 0 Å². The van der Waals surface area contributed by atoms with Crippen molar-refractivity contribution in [3.63, 3.8) is 0 Å². The monoisotopic (exact) mass is 416 g/mol. The number of fused-ring (bicyclic) bond motifs is 1. The van der Waals surface area contributed by atoms with Gasteiger partial charge in [0.25, 0.3) is 11.5 Å². The molecule has 7 nitrogen and oxygen atoms in total. The number of likely N-dealkylation sites (N-methyl/N-ethyl adjacent to an activating group) is 1. The maximum Gasteiger partial charge on any atom is 0.269 e. The van der Waals surface area contributed by atoms with Gasteiger partial charge in [0.2, 0.25) is 5.88 Å². The lowest BCUT2D eigenvalue weighted by molar-refractivity contribution is -0.116. The van der Waals surface area contributed by atoms with Crippen molar-refractivity contribution in [2.45, 2.75) is 33.1 Å². The fourth-order valence-electron chi connectivity index (χ4n) is 3.06. The lowest BCUT2D eigenvalue weighted by Gasteiger charge is -2.19. The number of nitrogens with one attached hydrogen (secondary N) is 1. The number of benzene rings is 1. The molecular formula is C24H24N4O3.